The number of anilines is 1. The summed E-state index contributed by atoms with van der Waals surface area (Å²) < 4.78 is 10.9. The fraction of sp³-hybridized carbons (Fsp3) is 0.333. The van der Waals surface area contributed by atoms with Crippen LogP contribution in [0.1, 0.15) is 31.4 Å². The first-order chi connectivity index (χ1) is 13.1. The largest absolute Gasteiger partial charge is 0.496 e. The number of carbonyl (C=O) groups excluding carboxylic acids is 2. The molecule has 0 aromatic heterocycles. The third kappa shape index (κ3) is 4.58. The van der Waals surface area contributed by atoms with Crippen LogP contribution in [0.2, 0.25) is 0 Å². The van der Waals surface area contributed by atoms with E-state index >= 15 is 0 Å². The number of hydrogen-bond acceptors (Lipinski definition) is 4. The van der Waals surface area contributed by atoms with Gasteiger partial charge in [0.25, 0.3) is 5.91 Å². The van der Waals surface area contributed by atoms with E-state index in [-0.39, 0.29) is 24.5 Å². The maximum atomic E-state index is 12.3. The van der Waals surface area contributed by atoms with Crippen molar-refractivity contribution in [3.63, 3.8) is 0 Å². The molecule has 0 bridgehead atoms. The highest BCUT2D eigenvalue weighted by molar-refractivity contribution is 5.95. The molecule has 1 aliphatic rings. The Labute approximate surface area is 159 Å². The summed E-state index contributed by atoms with van der Waals surface area (Å²) in [6.07, 6.45) is 1.45. The summed E-state index contributed by atoms with van der Waals surface area (Å²) in [5.41, 5.74) is 1.71. The molecule has 1 heterocycles. The smallest absolute Gasteiger partial charge is 0.258 e. The van der Waals surface area contributed by atoms with Crippen molar-refractivity contribution in [1.29, 1.82) is 0 Å². The van der Waals surface area contributed by atoms with E-state index in [1.165, 1.54) is 0 Å². The van der Waals surface area contributed by atoms with Crippen molar-refractivity contribution < 1.29 is 19.1 Å². The van der Waals surface area contributed by atoms with Gasteiger partial charge in [0.1, 0.15) is 11.5 Å². The Morgan fingerprint density at radius 1 is 1.22 bits per heavy atom. The highest BCUT2D eigenvalue weighted by atomic mass is 16.5. The Hall–Kier alpha value is -3.02. The van der Waals surface area contributed by atoms with Gasteiger partial charge in [-0.3, -0.25) is 9.59 Å². The van der Waals surface area contributed by atoms with Gasteiger partial charge >= 0.3 is 0 Å². The van der Waals surface area contributed by atoms with Crippen molar-refractivity contribution in [2.75, 3.05) is 25.2 Å². The highest BCUT2D eigenvalue weighted by Gasteiger charge is 2.22. The highest BCUT2D eigenvalue weighted by Crippen LogP contribution is 2.26. The van der Waals surface area contributed by atoms with Gasteiger partial charge in [0.2, 0.25) is 5.91 Å². The summed E-state index contributed by atoms with van der Waals surface area (Å²) in [6, 6.07) is 14.6. The van der Waals surface area contributed by atoms with E-state index in [9.17, 15) is 9.59 Å². The molecule has 6 heteroatoms. The summed E-state index contributed by atoms with van der Waals surface area (Å²) in [6.45, 7) is 2.52. The van der Waals surface area contributed by atoms with Crippen molar-refractivity contribution in [1.82, 2.24) is 5.32 Å². The number of rotatable bonds is 7. The van der Waals surface area contributed by atoms with E-state index in [1.807, 2.05) is 43.3 Å². The molecule has 0 radical (unpaired) electrons. The molecule has 0 unspecified atom stereocenters. The second-order valence-electron chi connectivity index (χ2n) is 6.47. The van der Waals surface area contributed by atoms with Crippen molar-refractivity contribution in [3.05, 3.63) is 54.1 Å². The molecule has 1 N–H and O–H groups in total. The van der Waals surface area contributed by atoms with Gasteiger partial charge in [0.05, 0.1) is 13.2 Å². The average Bonchev–Trinajstić information content (AvgIpc) is 3.12. The van der Waals surface area contributed by atoms with E-state index in [0.29, 0.717) is 12.2 Å². The monoisotopic (exact) mass is 368 g/mol. The van der Waals surface area contributed by atoms with E-state index in [0.717, 1.165) is 30.0 Å². The second kappa shape index (κ2) is 8.58. The van der Waals surface area contributed by atoms with Crippen LogP contribution in [0.5, 0.6) is 11.5 Å². The molecular weight excluding hydrogens is 344 g/mol. The first-order valence-corrected chi connectivity index (χ1v) is 9.04. The minimum atomic E-state index is -0.226. The Morgan fingerprint density at radius 2 is 2.04 bits per heavy atom. The molecule has 1 fully saturated rings. The van der Waals surface area contributed by atoms with Gasteiger partial charge in [-0.05, 0) is 31.5 Å². The van der Waals surface area contributed by atoms with Crippen molar-refractivity contribution >= 4 is 17.5 Å². The lowest BCUT2D eigenvalue weighted by atomic mass is 10.1. The number of carbonyl (C=O) groups is 2. The molecular formula is C21H24N2O4. The van der Waals surface area contributed by atoms with Gasteiger partial charge < -0.3 is 19.7 Å². The van der Waals surface area contributed by atoms with Gasteiger partial charge in [-0.1, -0.05) is 24.3 Å². The molecule has 2 aromatic carbocycles. The topological polar surface area (TPSA) is 67.9 Å². The van der Waals surface area contributed by atoms with Crippen LogP contribution in [0.25, 0.3) is 0 Å². The van der Waals surface area contributed by atoms with E-state index in [4.69, 9.17) is 9.47 Å². The number of nitrogens with zero attached hydrogens (tertiary/aromatic N) is 1. The third-order valence-corrected chi connectivity index (χ3v) is 4.56. The molecule has 27 heavy (non-hydrogen) atoms. The van der Waals surface area contributed by atoms with Gasteiger partial charge in [-0.25, -0.2) is 0 Å². The fourth-order valence-electron chi connectivity index (χ4n) is 3.20. The summed E-state index contributed by atoms with van der Waals surface area (Å²) in [7, 11) is 1.61. The van der Waals surface area contributed by atoms with E-state index < -0.39 is 0 Å². The Morgan fingerprint density at radius 3 is 2.78 bits per heavy atom. The average molecular weight is 368 g/mol. The number of para-hydroxylation sites is 1. The lowest BCUT2D eigenvalue weighted by Gasteiger charge is -2.18. The van der Waals surface area contributed by atoms with Crippen LogP contribution in [0.15, 0.2) is 48.5 Å². The molecule has 0 saturated carbocycles. The lowest BCUT2D eigenvalue weighted by molar-refractivity contribution is -0.123. The molecule has 0 spiro atoms. The molecule has 1 saturated heterocycles. The van der Waals surface area contributed by atoms with Crippen molar-refractivity contribution in [2.45, 2.75) is 25.8 Å². The van der Waals surface area contributed by atoms with Crippen LogP contribution >= 0.6 is 0 Å². The van der Waals surface area contributed by atoms with E-state index in [2.05, 4.69) is 5.32 Å². The summed E-state index contributed by atoms with van der Waals surface area (Å²) in [5, 5.41) is 2.91. The van der Waals surface area contributed by atoms with Crippen LogP contribution in [-0.4, -0.2) is 32.1 Å². The maximum Gasteiger partial charge on any atom is 0.258 e. The molecule has 6 nitrogen and oxygen atoms in total. The number of benzene rings is 2. The number of methoxy groups -OCH3 is 1. The Bertz CT molecular complexity index is 821. The summed E-state index contributed by atoms with van der Waals surface area (Å²) in [4.78, 5) is 25.9. The minimum Gasteiger partial charge on any atom is -0.496 e. The van der Waals surface area contributed by atoms with Gasteiger partial charge in [0, 0.05) is 30.3 Å². The fourth-order valence-corrected chi connectivity index (χ4v) is 3.20. The van der Waals surface area contributed by atoms with Crippen molar-refractivity contribution in [2.24, 2.45) is 0 Å². The zero-order valence-corrected chi connectivity index (χ0v) is 15.6. The summed E-state index contributed by atoms with van der Waals surface area (Å²) >= 11 is 0. The number of hydrogen-bond donors (Lipinski definition) is 1. The standard InChI is InChI=1S/C21H24N2O4/c1-15(18-9-3-4-10-19(18)26-2)22-20(24)14-27-17-8-5-7-16(13-17)23-12-6-11-21(23)25/h3-5,7-10,13,15H,6,11-12,14H2,1-2H3,(H,22,24)/t15-/m1/s1. The third-order valence-electron chi connectivity index (χ3n) is 4.56. The molecule has 2 aromatic rings. The Balaban J connectivity index is 1.57. The predicted octanol–water partition coefficient (Wildman–Crippen LogP) is 3.08. The molecule has 0 aliphatic carbocycles. The van der Waals surface area contributed by atoms with E-state index in [1.54, 1.807) is 24.1 Å². The quantitative estimate of drug-likeness (QED) is 0.816. The normalized spacial score (nSPS) is 14.7. The van der Waals surface area contributed by atoms with Crippen LogP contribution in [0.4, 0.5) is 5.69 Å². The van der Waals surface area contributed by atoms with Gasteiger partial charge in [0.15, 0.2) is 6.61 Å². The first-order valence-electron chi connectivity index (χ1n) is 9.04. The van der Waals surface area contributed by atoms with Gasteiger partial charge in [-0.15, -0.1) is 0 Å². The molecule has 1 aliphatic heterocycles. The predicted molar refractivity (Wildman–Crippen MR) is 103 cm³/mol. The molecule has 142 valence electrons. The SMILES string of the molecule is COc1ccccc1[C@@H](C)NC(=O)COc1cccc(N2CCCC2=O)c1. The zero-order valence-electron chi connectivity index (χ0n) is 15.6. The zero-order chi connectivity index (χ0) is 19.2. The minimum absolute atomic E-state index is 0.100. The van der Waals surface area contributed by atoms with Crippen LogP contribution < -0.4 is 19.7 Å². The molecule has 2 amide bonds. The Kier molecular flexibility index (Phi) is 5.96. The van der Waals surface area contributed by atoms with Crippen LogP contribution in [0, 0.1) is 0 Å². The number of nitrogens with one attached hydrogen (secondary N) is 1. The van der Waals surface area contributed by atoms with Crippen LogP contribution in [0.3, 0.4) is 0 Å². The number of amides is 2. The first kappa shape index (κ1) is 18.8. The molecule has 1 atom stereocenters. The molecule has 3 rings (SSSR count). The lowest BCUT2D eigenvalue weighted by Crippen LogP contribution is -2.31. The van der Waals surface area contributed by atoms with Gasteiger partial charge in [-0.2, -0.15) is 0 Å². The van der Waals surface area contributed by atoms with Crippen LogP contribution in [-0.2, 0) is 9.59 Å². The summed E-state index contributed by atoms with van der Waals surface area (Å²) in [5.74, 6) is 1.19. The number of ether oxygens (including phenoxy) is 2. The second-order valence-corrected chi connectivity index (χ2v) is 6.47. The maximum absolute atomic E-state index is 12.3. The van der Waals surface area contributed by atoms with Crippen molar-refractivity contribution in [3.8, 4) is 11.5 Å².